The molecular formula is C13H22ClNS. The number of aryl methyl sites for hydroxylation is 1. The fourth-order valence-electron chi connectivity index (χ4n) is 1.73. The first-order valence-corrected chi connectivity index (χ1v) is 7.39. The molecule has 0 aliphatic carbocycles. The molecule has 1 unspecified atom stereocenters. The lowest BCUT2D eigenvalue weighted by molar-refractivity contribution is 0.390. The summed E-state index contributed by atoms with van der Waals surface area (Å²) < 4.78 is 0. The van der Waals surface area contributed by atoms with Crippen molar-refractivity contribution >= 4 is 22.9 Å². The lowest BCUT2D eigenvalue weighted by atomic mass is 10.0. The highest BCUT2D eigenvalue weighted by molar-refractivity contribution is 7.11. The van der Waals surface area contributed by atoms with Crippen LogP contribution in [-0.4, -0.2) is 11.9 Å². The minimum absolute atomic E-state index is 0.532. The summed E-state index contributed by atoms with van der Waals surface area (Å²) in [5.41, 5.74) is 0. The number of alkyl halides is 1. The van der Waals surface area contributed by atoms with Crippen LogP contribution in [0.15, 0.2) is 12.1 Å². The van der Waals surface area contributed by atoms with E-state index >= 15 is 0 Å². The van der Waals surface area contributed by atoms with Gasteiger partial charge in [0.05, 0.1) is 0 Å². The smallest absolute Gasteiger partial charge is 0.0302 e. The summed E-state index contributed by atoms with van der Waals surface area (Å²) in [6.07, 6.45) is 2.19. The molecule has 0 amide bonds. The van der Waals surface area contributed by atoms with Crippen LogP contribution in [0.1, 0.15) is 36.9 Å². The van der Waals surface area contributed by atoms with Crippen molar-refractivity contribution < 1.29 is 0 Å². The van der Waals surface area contributed by atoms with Crippen LogP contribution in [0.5, 0.6) is 0 Å². The molecule has 0 bridgehead atoms. The zero-order chi connectivity index (χ0) is 12.0. The van der Waals surface area contributed by atoms with E-state index in [2.05, 4.69) is 38.2 Å². The summed E-state index contributed by atoms with van der Waals surface area (Å²) >= 11 is 7.72. The van der Waals surface area contributed by atoms with E-state index in [1.165, 1.54) is 9.75 Å². The summed E-state index contributed by atoms with van der Waals surface area (Å²) in [6, 6.07) is 4.99. The van der Waals surface area contributed by atoms with E-state index in [0.717, 1.165) is 25.3 Å². The Morgan fingerprint density at radius 1 is 1.31 bits per heavy atom. The van der Waals surface area contributed by atoms with Crippen molar-refractivity contribution in [2.45, 2.75) is 46.2 Å². The fraction of sp³-hybridized carbons (Fsp3) is 0.692. The third-order valence-corrected chi connectivity index (χ3v) is 4.28. The number of thiophene rings is 1. The normalized spacial score (nSPS) is 13.3. The van der Waals surface area contributed by atoms with Gasteiger partial charge in [-0.05, 0) is 30.9 Å². The van der Waals surface area contributed by atoms with Gasteiger partial charge >= 0.3 is 0 Å². The molecule has 1 aromatic heterocycles. The van der Waals surface area contributed by atoms with Gasteiger partial charge in [0.25, 0.3) is 0 Å². The molecule has 0 aliphatic rings. The quantitative estimate of drug-likeness (QED) is 0.729. The Hall–Kier alpha value is -0.0500. The summed E-state index contributed by atoms with van der Waals surface area (Å²) in [5, 5.41) is 3.60. The van der Waals surface area contributed by atoms with Gasteiger partial charge in [0.2, 0.25) is 0 Å². The second-order valence-electron chi connectivity index (χ2n) is 4.43. The van der Waals surface area contributed by atoms with Crippen molar-refractivity contribution in [3.05, 3.63) is 21.9 Å². The minimum atomic E-state index is 0.532. The fourth-order valence-corrected chi connectivity index (χ4v) is 2.87. The molecule has 0 radical (unpaired) electrons. The zero-order valence-corrected chi connectivity index (χ0v) is 12.0. The largest absolute Gasteiger partial charge is 0.309 e. The predicted molar refractivity (Wildman–Crippen MR) is 74.5 cm³/mol. The van der Waals surface area contributed by atoms with Crippen molar-refractivity contribution in [3.63, 3.8) is 0 Å². The molecule has 0 saturated heterocycles. The zero-order valence-electron chi connectivity index (χ0n) is 10.4. The maximum absolute atomic E-state index is 5.81. The van der Waals surface area contributed by atoms with Crippen molar-refractivity contribution in [1.29, 1.82) is 0 Å². The Labute approximate surface area is 108 Å². The number of nitrogens with one attached hydrogen (secondary N) is 1. The first-order chi connectivity index (χ1) is 7.67. The molecule has 0 fully saturated rings. The summed E-state index contributed by atoms with van der Waals surface area (Å²) in [5.74, 6) is 1.38. The van der Waals surface area contributed by atoms with Gasteiger partial charge in [-0.1, -0.05) is 20.8 Å². The Kier molecular flexibility index (Phi) is 6.40. The first kappa shape index (κ1) is 14.0. The minimum Gasteiger partial charge on any atom is -0.309 e. The number of hydrogen-bond acceptors (Lipinski definition) is 2. The second kappa shape index (κ2) is 7.31. The van der Waals surface area contributed by atoms with Gasteiger partial charge in [-0.25, -0.2) is 0 Å². The monoisotopic (exact) mass is 259 g/mol. The highest BCUT2D eigenvalue weighted by atomic mass is 35.5. The third kappa shape index (κ3) is 4.44. The Bertz CT molecular complexity index is 296. The SMILES string of the molecule is CCc1ccc(CNC(CCCl)C(C)C)s1. The van der Waals surface area contributed by atoms with E-state index in [9.17, 15) is 0 Å². The topological polar surface area (TPSA) is 12.0 Å². The molecule has 16 heavy (non-hydrogen) atoms. The number of hydrogen-bond donors (Lipinski definition) is 1. The van der Waals surface area contributed by atoms with E-state index in [1.54, 1.807) is 0 Å². The standard InChI is InChI=1S/C13H22ClNS/c1-4-11-5-6-12(16-11)9-15-13(7-8-14)10(2)3/h5-6,10,13,15H,4,7-9H2,1-3H3. The molecule has 1 heterocycles. The maximum atomic E-state index is 5.81. The highest BCUT2D eigenvalue weighted by Gasteiger charge is 2.12. The van der Waals surface area contributed by atoms with Crippen molar-refractivity contribution in [2.24, 2.45) is 5.92 Å². The summed E-state index contributed by atoms with van der Waals surface area (Å²) in [6.45, 7) is 7.67. The molecular weight excluding hydrogens is 238 g/mol. The van der Waals surface area contributed by atoms with Gasteiger partial charge in [0.15, 0.2) is 0 Å². The Morgan fingerprint density at radius 2 is 2.00 bits per heavy atom. The Morgan fingerprint density at radius 3 is 2.50 bits per heavy atom. The van der Waals surface area contributed by atoms with E-state index in [-0.39, 0.29) is 0 Å². The van der Waals surface area contributed by atoms with Crippen molar-refractivity contribution in [2.75, 3.05) is 5.88 Å². The van der Waals surface area contributed by atoms with Gasteiger partial charge in [-0.3, -0.25) is 0 Å². The lowest BCUT2D eigenvalue weighted by Crippen LogP contribution is -2.33. The van der Waals surface area contributed by atoms with Crippen LogP contribution in [0.4, 0.5) is 0 Å². The van der Waals surface area contributed by atoms with Crippen LogP contribution in [0.2, 0.25) is 0 Å². The van der Waals surface area contributed by atoms with Crippen LogP contribution in [-0.2, 0) is 13.0 Å². The van der Waals surface area contributed by atoms with Crippen LogP contribution >= 0.6 is 22.9 Å². The first-order valence-electron chi connectivity index (χ1n) is 6.04. The van der Waals surface area contributed by atoms with Crippen LogP contribution in [0.3, 0.4) is 0 Å². The average molecular weight is 260 g/mol. The number of halogens is 1. The van der Waals surface area contributed by atoms with Gasteiger partial charge in [0, 0.05) is 28.2 Å². The molecule has 1 nitrogen and oxygen atoms in total. The van der Waals surface area contributed by atoms with Gasteiger partial charge in [0.1, 0.15) is 0 Å². The summed E-state index contributed by atoms with van der Waals surface area (Å²) in [7, 11) is 0. The second-order valence-corrected chi connectivity index (χ2v) is 6.06. The van der Waals surface area contributed by atoms with Gasteiger partial charge in [-0.15, -0.1) is 22.9 Å². The van der Waals surface area contributed by atoms with E-state index in [4.69, 9.17) is 11.6 Å². The molecule has 0 saturated carbocycles. The van der Waals surface area contributed by atoms with Gasteiger partial charge in [-0.2, -0.15) is 0 Å². The molecule has 1 N–H and O–H groups in total. The third-order valence-electron chi connectivity index (χ3n) is 2.83. The molecule has 3 heteroatoms. The predicted octanol–water partition coefficient (Wildman–Crippen LogP) is 4.05. The molecule has 92 valence electrons. The molecule has 0 spiro atoms. The van der Waals surface area contributed by atoms with Crippen LogP contribution in [0.25, 0.3) is 0 Å². The van der Waals surface area contributed by atoms with Crippen molar-refractivity contribution in [3.8, 4) is 0 Å². The van der Waals surface area contributed by atoms with Gasteiger partial charge < -0.3 is 5.32 Å². The van der Waals surface area contributed by atoms with E-state index in [1.807, 2.05) is 11.3 Å². The number of rotatable bonds is 7. The van der Waals surface area contributed by atoms with Crippen molar-refractivity contribution in [1.82, 2.24) is 5.32 Å². The lowest BCUT2D eigenvalue weighted by Gasteiger charge is -2.21. The average Bonchev–Trinajstić information content (AvgIpc) is 2.71. The van der Waals surface area contributed by atoms with Crippen LogP contribution in [0, 0.1) is 5.92 Å². The molecule has 0 aromatic carbocycles. The Balaban J connectivity index is 2.42. The summed E-state index contributed by atoms with van der Waals surface area (Å²) in [4.78, 5) is 2.90. The maximum Gasteiger partial charge on any atom is 0.0302 e. The van der Waals surface area contributed by atoms with Crippen LogP contribution < -0.4 is 5.32 Å². The molecule has 1 atom stereocenters. The molecule has 1 aromatic rings. The molecule has 1 rings (SSSR count). The van der Waals surface area contributed by atoms with E-state index in [0.29, 0.717) is 12.0 Å². The molecule has 0 aliphatic heterocycles. The van der Waals surface area contributed by atoms with E-state index < -0.39 is 0 Å². The highest BCUT2D eigenvalue weighted by Crippen LogP contribution is 2.17.